The Morgan fingerprint density at radius 3 is 2.67 bits per heavy atom. The Kier molecular flexibility index (Phi) is 4.81. The fourth-order valence-electron chi connectivity index (χ4n) is 2.13. The van der Waals surface area contributed by atoms with Crippen molar-refractivity contribution in [2.75, 3.05) is 17.3 Å². The summed E-state index contributed by atoms with van der Waals surface area (Å²) >= 11 is 3.36. The van der Waals surface area contributed by atoms with E-state index in [1.54, 1.807) is 36.8 Å². The summed E-state index contributed by atoms with van der Waals surface area (Å²) < 4.78 is 0.848. The summed E-state index contributed by atoms with van der Waals surface area (Å²) in [6, 6.07) is 10.8. The lowest BCUT2D eigenvalue weighted by atomic mass is 10.2. The number of amides is 1. The van der Waals surface area contributed by atoms with Crippen LogP contribution in [0.2, 0.25) is 0 Å². The zero-order chi connectivity index (χ0) is 16.9. The topological polar surface area (TPSA) is 71.0 Å². The quantitative estimate of drug-likeness (QED) is 0.744. The number of nitrogens with zero attached hydrogens (tertiary/aromatic N) is 4. The Morgan fingerprint density at radius 2 is 1.92 bits per heavy atom. The maximum atomic E-state index is 12.3. The molecule has 7 heteroatoms. The second-order valence-corrected chi connectivity index (χ2v) is 5.94. The van der Waals surface area contributed by atoms with E-state index in [1.807, 2.05) is 30.1 Å². The molecule has 0 saturated heterocycles. The third kappa shape index (κ3) is 3.75. The molecule has 1 amide bonds. The van der Waals surface area contributed by atoms with Gasteiger partial charge in [-0.3, -0.25) is 4.79 Å². The van der Waals surface area contributed by atoms with Crippen LogP contribution in [0.3, 0.4) is 0 Å². The van der Waals surface area contributed by atoms with Crippen LogP contribution in [0.5, 0.6) is 0 Å². The highest BCUT2D eigenvalue weighted by Gasteiger charge is 2.10. The molecule has 0 bridgehead atoms. The molecule has 3 aromatic rings. The Hall–Kier alpha value is -2.80. The number of benzene rings is 1. The number of aromatic nitrogens is 3. The van der Waals surface area contributed by atoms with E-state index in [0.29, 0.717) is 11.4 Å². The minimum Gasteiger partial charge on any atom is -0.342 e. The fourth-order valence-corrected chi connectivity index (χ4v) is 2.53. The van der Waals surface area contributed by atoms with Gasteiger partial charge in [0.1, 0.15) is 12.1 Å². The summed E-state index contributed by atoms with van der Waals surface area (Å²) in [5.41, 5.74) is 2.26. The average molecular weight is 384 g/mol. The maximum Gasteiger partial charge on any atom is 0.256 e. The van der Waals surface area contributed by atoms with Crippen molar-refractivity contribution in [3.63, 3.8) is 0 Å². The fraction of sp³-hybridized carbons (Fsp3) is 0.0588. The Morgan fingerprint density at radius 1 is 1.12 bits per heavy atom. The number of carbonyl (C=O) groups excluding carboxylic acids is 1. The average Bonchev–Trinajstić information content (AvgIpc) is 2.62. The minimum atomic E-state index is -0.216. The van der Waals surface area contributed by atoms with Gasteiger partial charge in [0.15, 0.2) is 0 Å². The molecule has 3 rings (SSSR count). The molecule has 2 heterocycles. The molecule has 0 saturated carbocycles. The number of carbonyl (C=O) groups is 1. The van der Waals surface area contributed by atoms with Crippen molar-refractivity contribution in [2.45, 2.75) is 0 Å². The van der Waals surface area contributed by atoms with Crippen LogP contribution in [0, 0.1) is 0 Å². The molecular weight excluding hydrogens is 370 g/mol. The molecular formula is C17H14BrN5O. The normalized spacial score (nSPS) is 10.2. The number of halogens is 1. The van der Waals surface area contributed by atoms with Crippen LogP contribution in [0.25, 0.3) is 0 Å². The molecule has 120 valence electrons. The van der Waals surface area contributed by atoms with Gasteiger partial charge >= 0.3 is 0 Å². The summed E-state index contributed by atoms with van der Waals surface area (Å²) in [4.78, 5) is 26.4. The SMILES string of the molecule is CN(c1cncnc1)c1ccnc(NC(=O)c2cccc(Br)c2)c1. The van der Waals surface area contributed by atoms with Gasteiger partial charge in [-0.05, 0) is 24.3 Å². The van der Waals surface area contributed by atoms with E-state index in [1.165, 1.54) is 6.33 Å². The maximum absolute atomic E-state index is 12.3. The predicted octanol–water partition coefficient (Wildman–Crippen LogP) is 3.65. The van der Waals surface area contributed by atoms with Crippen molar-refractivity contribution in [2.24, 2.45) is 0 Å². The van der Waals surface area contributed by atoms with Crippen molar-refractivity contribution in [1.82, 2.24) is 15.0 Å². The monoisotopic (exact) mass is 383 g/mol. The van der Waals surface area contributed by atoms with Gasteiger partial charge in [-0.1, -0.05) is 22.0 Å². The molecule has 0 fully saturated rings. The minimum absolute atomic E-state index is 0.216. The summed E-state index contributed by atoms with van der Waals surface area (Å²) in [6.45, 7) is 0. The van der Waals surface area contributed by atoms with Crippen LogP contribution in [0.4, 0.5) is 17.2 Å². The van der Waals surface area contributed by atoms with Gasteiger partial charge in [0, 0.05) is 35.0 Å². The highest BCUT2D eigenvalue weighted by Crippen LogP contribution is 2.23. The van der Waals surface area contributed by atoms with Gasteiger partial charge in [-0.2, -0.15) is 0 Å². The third-order valence-corrected chi connectivity index (χ3v) is 3.89. The molecule has 1 aromatic carbocycles. The van der Waals surface area contributed by atoms with Gasteiger partial charge in [0.2, 0.25) is 0 Å². The summed E-state index contributed by atoms with van der Waals surface area (Å²) in [5, 5.41) is 2.80. The van der Waals surface area contributed by atoms with Gasteiger partial charge in [-0.15, -0.1) is 0 Å². The summed E-state index contributed by atoms with van der Waals surface area (Å²) in [6.07, 6.45) is 6.56. The highest BCUT2D eigenvalue weighted by atomic mass is 79.9. The van der Waals surface area contributed by atoms with E-state index in [-0.39, 0.29) is 5.91 Å². The number of hydrogen-bond donors (Lipinski definition) is 1. The van der Waals surface area contributed by atoms with E-state index in [2.05, 4.69) is 36.2 Å². The van der Waals surface area contributed by atoms with Crippen molar-refractivity contribution >= 4 is 39.0 Å². The first-order valence-corrected chi connectivity index (χ1v) is 7.94. The summed E-state index contributed by atoms with van der Waals surface area (Å²) in [5.74, 6) is 0.257. The molecule has 2 aromatic heterocycles. The molecule has 0 aliphatic carbocycles. The Balaban J connectivity index is 1.79. The van der Waals surface area contributed by atoms with Crippen molar-refractivity contribution in [3.05, 3.63) is 71.4 Å². The third-order valence-electron chi connectivity index (χ3n) is 3.39. The van der Waals surface area contributed by atoms with E-state index < -0.39 is 0 Å². The second kappa shape index (κ2) is 7.18. The number of anilines is 3. The van der Waals surface area contributed by atoms with Crippen molar-refractivity contribution in [1.29, 1.82) is 0 Å². The standard InChI is InChI=1S/C17H14BrN5O/c1-23(15-9-19-11-20-10-15)14-5-6-21-16(8-14)22-17(24)12-3-2-4-13(18)7-12/h2-11H,1H3,(H,21,22,24). The molecule has 0 radical (unpaired) electrons. The lowest BCUT2D eigenvalue weighted by Crippen LogP contribution is -2.14. The summed E-state index contributed by atoms with van der Waals surface area (Å²) in [7, 11) is 1.90. The van der Waals surface area contributed by atoms with Gasteiger partial charge in [0.05, 0.1) is 18.1 Å². The van der Waals surface area contributed by atoms with Gasteiger partial charge in [0.25, 0.3) is 5.91 Å². The van der Waals surface area contributed by atoms with E-state index >= 15 is 0 Å². The molecule has 0 aliphatic rings. The zero-order valence-electron chi connectivity index (χ0n) is 12.8. The van der Waals surface area contributed by atoms with Crippen molar-refractivity contribution in [3.8, 4) is 0 Å². The Bertz CT molecular complexity index is 856. The molecule has 0 atom stereocenters. The molecule has 1 N–H and O–H groups in total. The number of rotatable bonds is 4. The molecule has 0 aliphatic heterocycles. The van der Waals surface area contributed by atoms with Crippen LogP contribution < -0.4 is 10.2 Å². The molecule has 6 nitrogen and oxygen atoms in total. The largest absolute Gasteiger partial charge is 0.342 e. The van der Waals surface area contributed by atoms with E-state index in [0.717, 1.165) is 15.8 Å². The van der Waals surface area contributed by atoms with Crippen molar-refractivity contribution < 1.29 is 4.79 Å². The van der Waals surface area contributed by atoms with Crippen LogP contribution in [0.1, 0.15) is 10.4 Å². The van der Waals surface area contributed by atoms with Gasteiger partial charge in [-0.25, -0.2) is 15.0 Å². The predicted molar refractivity (Wildman–Crippen MR) is 96.4 cm³/mol. The lowest BCUT2D eigenvalue weighted by Gasteiger charge is -2.19. The number of hydrogen-bond acceptors (Lipinski definition) is 5. The molecule has 24 heavy (non-hydrogen) atoms. The second-order valence-electron chi connectivity index (χ2n) is 5.02. The first-order chi connectivity index (χ1) is 11.6. The van der Waals surface area contributed by atoms with E-state index in [4.69, 9.17) is 0 Å². The lowest BCUT2D eigenvalue weighted by molar-refractivity contribution is 0.102. The van der Waals surface area contributed by atoms with Crippen LogP contribution in [-0.4, -0.2) is 27.9 Å². The van der Waals surface area contributed by atoms with Crippen LogP contribution >= 0.6 is 15.9 Å². The highest BCUT2D eigenvalue weighted by molar-refractivity contribution is 9.10. The first-order valence-electron chi connectivity index (χ1n) is 7.15. The Labute approximate surface area is 147 Å². The number of pyridine rings is 1. The number of nitrogens with one attached hydrogen (secondary N) is 1. The zero-order valence-corrected chi connectivity index (χ0v) is 14.4. The first kappa shape index (κ1) is 16.1. The smallest absolute Gasteiger partial charge is 0.256 e. The van der Waals surface area contributed by atoms with E-state index in [9.17, 15) is 4.79 Å². The molecule has 0 unspecified atom stereocenters. The molecule has 0 spiro atoms. The van der Waals surface area contributed by atoms with Crippen LogP contribution in [0.15, 0.2) is 65.8 Å². The van der Waals surface area contributed by atoms with Gasteiger partial charge < -0.3 is 10.2 Å². The van der Waals surface area contributed by atoms with Crippen LogP contribution in [-0.2, 0) is 0 Å².